The minimum absolute atomic E-state index is 0.0946. The molecule has 3 aromatic heterocycles. The van der Waals surface area contributed by atoms with Crippen LogP contribution in [0.4, 0.5) is 14.6 Å². The molecule has 4 heterocycles. The van der Waals surface area contributed by atoms with E-state index < -0.39 is 28.2 Å². The lowest BCUT2D eigenvalue weighted by Crippen LogP contribution is -2.32. The second-order valence-electron chi connectivity index (χ2n) is 9.75. The Bertz CT molecular complexity index is 1690. The van der Waals surface area contributed by atoms with Crippen molar-refractivity contribution in [3.05, 3.63) is 77.6 Å². The maximum absolute atomic E-state index is 13.5. The Balaban J connectivity index is 1.33. The van der Waals surface area contributed by atoms with Crippen LogP contribution in [0.2, 0.25) is 0 Å². The van der Waals surface area contributed by atoms with E-state index in [4.69, 9.17) is 4.74 Å². The summed E-state index contributed by atoms with van der Waals surface area (Å²) in [6, 6.07) is 15.1. The molecule has 4 aromatic rings. The first kappa shape index (κ1) is 27.5. The van der Waals surface area contributed by atoms with Crippen molar-refractivity contribution >= 4 is 32.5 Å². The molecule has 1 amide bonds. The van der Waals surface area contributed by atoms with E-state index in [1.165, 1.54) is 11.0 Å². The second-order valence-corrected chi connectivity index (χ2v) is 11.8. The van der Waals surface area contributed by atoms with Gasteiger partial charge in [0.15, 0.2) is 9.84 Å². The number of fused-ring (bicyclic) bond motifs is 2. The Morgan fingerprint density at radius 2 is 1.90 bits per heavy atom. The van der Waals surface area contributed by atoms with Crippen LogP contribution in [0.1, 0.15) is 28.5 Å². The summed E-state index contributed by atoms with van der Waals surface area (Å²) in [4.78, 5) is 27.9. The Kier molecular flexibility index (Phi) is 7.47. The van der Waals surface area contributed by atoms with E-state index in [0.29, 0.717) is 34.0 Å². The van der Waals surface area contributed by atoms with Gasteiger partial charge in [0.2, 0.25) is 0 Å². The topological polar surface area (TPSA) is 114 Å². The number of benzene rings is 1. The molecule has 0 saturated heterocycles. The average molecular weight is 568 g/mol. The minimum atomic E-state index is -3.54. The van der Waals surface area contributed by atoms with Gasteiger partial charge in [-0.1, -0.05) is 12.1 Å². The maximum Gasteiger partial charge on any atom is 0.262 e. The first-order valence-electron chi connectivity index (χ1n) is 12.5. The van der Waals surface area contributed by atoms with Gasteiger partial charge in [0.05, 0.1) is 59.6 Å². The summed E-state index contributed by atoms with van der Waals surface area (Å²) in [5, 5.41) is 3.55. The molecular weight excluding hydrogens is 540 g/mol. The van der Waals surface area contributed by atoms with Gasteiger partial charge in [0, 0.05) is 31.1 Å². The summed E-state index contributed by atoms with van der Waals surface area (Å²) in [5.74, 6) is -3.03. The standard InChI is InChI=1S/C28H27F2N5O4S/c1-28(29,30)17-35(2)26-5-3-4-22(34-26)23-9-8-19-14-31-21(13-24(19)33-23)15-32-27(36)18-6-7-20-16-39-10-11-40(37,38)25(20)12-18/h3-9,12-14H,10-11,15-17H2,1-2H3,(H,32,36). The molecule has 0 unspecified atom stereocenters. The van der Waals surface area contributed by atoms with Gasteiger partial charge >= 0.3 is 0 Å². The number of nitrogens with one attached hydrogen (secondary N) is 1. The molecular formula is C28H27F2N5O4S. The number of rotatable bonds is 7. The number of hydrogen-bond donors (Lipinski definition) is 1. The van der Waals surface area contributed by atoms with E-state index in [9.17, 15) is 22.0 Å². The smallest absolute Gasteiger partial charge is 0.262 e. The number of amides is 1. The lowest BCUT2D eigenvalue weighted by molar-refractivity contribution is 0.0309. The summed E-state index contributed by atoms with van der Waals surface area (Å²) < 4.78 is 57.4. The molecule has 0 aliphatic carbocycles. The van der Waals surface area contributed by atoms with Gasteiger partial charge in [0.25, 0.3) is 11.8 Å². The molecule has 0 fully saturated rings. The summed E-state index contributed by atoms with van der Waals surface area (Å²) >= 11 is 0. The van der Waals surface area contributed by atoms with E-state index in [0.717, 1.165) is 12.3 Å². The van der Waals surface area contributed by atoms with Crippen molar-refractivity contribution in [2.45, 2.75) is 30.9 Å². The molecule has 1 aliphatic rings. The number of nitrogens with zero attached hydrogens (tertiary/aromatic N) is 4. The third kappa shape index (κ3) is 6.23. The molecule has 1 aromatic carbocycles. The Hall–Kier alpha value is -4.03. The largest absolute Gasteiger partial charge is 0.376 e. The van der Waals surface area contributed by atoms with Crippen molar-refractivity contribution in [2.75, 3.05) is 30.9 Å². The number of ether oxygens (including phenoxy) is 1. The fraction of sp³-hybridized carbons (Fsp3) is 0.286. The van der Waals surface area contributed by atoms with Crippen molar-refractivity contribution in [1.82, 2.24) is 20.3 Å². The number of alkyl halides is 2. The average Bonchev–Trinajstić information content (AvgIpc) is 3.07. The zero-order valence-electron chi connectivity index (χ0n) is 21.9. The third-order valence-electron chi connectivity index (χ3n) is 6.38. The van der Waals surface area contributed by atoms with Crippen LogP contribution in [0.25, 0.3) is 22.3 Å². The van der Waals surface area contributed by atoms with Crippen molar-refractivity contribution in [3.63, 3.8) is 0 Å². The molecule has 0 atom stereocenters. The SMILES string of the molecule is CN(CC(C)(F)F)c1cccc(-c2ccc3cnc(CNC(=O)c4ccc5c(c4)S(=O)(=O)CCOC5)cc3n2)n1. The van der Waals surface area contributed by atoms with E-state index in [1.54, 1.807) is 55.7 Å². The van der Waals surface area contributed by atoms with Gasteiger partial charge < -0.3 is 15.0 Å². The van der Waals surface area contributed by atoms with Crippen LogP contribution in [-0.4, -0.2) is 61.2 Å². The summed E-state index contributed by atoms with van der Waals surface area (Å²) in [6.45, 7) is 0.776. The summed E-state index contributed by atoms with van der Waals surface area (Å²) in [6.07, 6.45) is 1.64. The highest BCUT2D eigenvalue weighted by Gasteiger charge is 2.25. The van der Waals surface area contributed by atoms with Gasteiger partial charge in [-0.2, -0.15) is 0 Å². The number of aromatic nitrogens is 3. The molecule has 1 N–H and O–H groups in total. The highest BCUT2D eigenvalue weighted by Crippen LogP contribution is 2.25. The van der Waals surface area contributed by atoms with Crippen LogP contribution < -0.4 is 10.2 Å². The quantitative estimate of drug-likeness (QED) is 0.356. The number of hydrogen-bond acceptors (Lipinski definition) is 8. The number of anilines is 1. The van der Waals surface area contributed by atoms with Gasteiger partial charge in [0.1, 0.15) is 5.82 Å². The van der Waals surface area contributed by atoms with Crippen LogP contribution in [0.3, 0.4) is 0 Å². The summed E-state index contributed by atoms with van der Waals surface area (Å²) in [7, 11) is -1.98. The molecule has 0 saturated carbocycles. The predicted molar refractivity (Wildman–Crippen MR) is 146 cm³/mol. The molecule has 1 aliphatic heterocycles. The zero-order chi connectivity index (χ0) is 28.5. The van der Waals surface area contributed by atoms with E-state index in [2.05, 4.69) is 20.3 Å². The molecule has 40 heavy (non-hydrogen) atoms. The van der Waals surface area contributed by atoms with Crippen LogP contribution in [0.5, 0.6) is 0 Å². The monoisotopic (exact) mass is 567 g/mol. The van der Waals surface area contributed by atoms with Crippen LogP contribution in [-0.2, 0) is 27.7 Å². The fourth-order valence-corrected chi connectivity index (χ4v) is 5.80. The number of sulfone groups is 1. The normalized spacial score (nSPS) is 14.8. The fourth-order valence-electron chi connectivity index (χ4n) is 4.41. The lowest BCUT2D eigenvalue weighted by atomic mass is 10.1. The van der Waals surface area contributed by atoms with E-state index >= 15 is 0 Å². The van der Waals surface area contributed by atoms with Crippen LogP contribution in [0, 0.1) is 0 Å². The first-order chi connectivity index (χ1) is 19.0. The highest BCUT2D eigenvalue weighted by atomic mass is 32.2. The number of halogens is 2. The summed E-state index contributed by atoms with van der Waals surface area (Å²) in [5.41, 5.74) is 3.01. The molecule has 12 heteroatoms. The Morgan fingerprint density at radius 1 is 1.10 bits per heavy atom. The number of carbonyl (C=O) groups excluding carboxylic acids is 1. The number of carbonyl (C=O) groups is 1. The van der Waals surface area contributed by atoms with Gasteiger partial charge in [-0.3, -0.25) is 9.78 Å². The van der Waals surface area contributed by atoms with Crippen LogP contribution >= 0.6 is 0 Å². The minimum Gasteiger partial charge on any atom is -0.376 e. The third-order valence-corrected chi connectivity index (χ3v) is 8.14. The Morgan fingerprint density at radius 3 is 2.70 bits per heavy atom. The Labute approximate surface area is 230 Å². The first-order valence-corrected chi connectivity index (χ1v) is 14.2. The predicted octanol–water partition coefficient (Wildman–Crippen LogP) is 4.02. The van der Waals surface area contributed by atoms with Gasteiger partial charge in [-0.25, -0.2) is 27.2 Å². The van der Waals surface area contributed by atoms with Crippen molar-refractivity contribution in [3.8, 4) is 11.4 Å². The number of pyridine rings is 3. The molecule has 0 radical (unpaired) electrons. The second kappa shape index (κ2) is 10.9. The molecule has 0 spiro atoms. The van der Waals surface area contributed by atoms with Gasteiger partial charge in [-0.05, 0) is 48.0 Å². The zero-order valence-corrected chi connectivity index (χ0v) is 22.7. The highest BCUT2D eigenvalue weighted by molar-refractivity contribution is 7.91. The van der Waals surface area contributed by atoms with E-state index in [-0.39, 0.29) is 36.0 Å². The molecule has 5 rings (SSSR count). The molecule has 0 bridgehead atoms. The molecule has 9 nitrogen and oxygen atoms in total. The van der Waals surface area contributed by atoms with Crippen LogP contribution in [0.15, 0.2) is 65.7 Å². The van der Waals surface area contributed by atoms with Crippen molar-refractivity contribution in [1.29, 1.82) is 0 Å². The molecule has 208 valence electrons. The van der Waals surface area contributed by atoms with E-state index in [1.807, 2.05) is 6.07 Å². The van der Waals surface area contributed by atoms with Crippen molar-refractivity contribution in [2.24, 2.45) is 0 Å². The maximum atomic E-state index is 13.5. The van der Waals surface area contributed by atoms with Crippen molar-refractivity contribution < 1.29 is 26.7 Å². The lowest BCUT2D eigenvalue weighted by Gasteiger charge is -2.22. The van der Waals surface area contributed by atoms with Gasteiger partial charge in [-0.15, -0.1) is 0 Å².